The molecule has 2 aromatic carbocycles. The number of ether oxygens (including phenoxy) is 2. The van der Waals surface area contributed by atoms with E-state index in [4.69, 9.17) is 9.47 Å². The Morgan fingerprint density at radius 2 is 1.64 bits per heavy atom. The second-order valence-corrected chi connectivity index (χ2v) is 7.82. The molecular weight excluding hydrogens is 374 g/mol. The molecule has 0 saturated carbocycles. The van der Waals surface area contributed by atoms with Gasteiger partial charge in [0.25, 0.3) is 0 Å². The zero-order valence-electron chi connectivity index (χ0n) is 16.1. The van der Waals surface area contributed by atoms with Crippen LogP contribution in [0.15, 0.2) is 59.6 Å². The molecule has 1 unspecified atom stereocenters. The van der Waals surface area contributed by atoms with Crippen molar-refractivity contribution in [2.45, 2.75) is 23.6 Å². The minimum Gasteiger partial charge on any atom is -0.468 e. The van der Waals surface area contributed by atoms with E-state index in [1.807, 2.05) is 55.5 Å². The number of nitrogens with one attached hydrogen (secondary N) is 1. The predicted molar refractivity (Wildman–Crippen MR) is 110 cm³/mol. The first-order chi connectivity index (χ1) is 13.5. The van der Waals surface area contributed by atoms with Gasteiger partial charge in [0.2, 0.25) is 0 Å². The van der Waals surface area contributed by atoms with Crippen molar-refractivity contribution in [3.05, 3.63) is 65.7 Å². The zero-order valence-corrected chi connectivity index (χ0v) is 16.9. The third kappa shape index (κ3) is 4.57. The summed E-state index contributed by atoms with van der Waals surface area (Å²) in [5, 5.41) is 1.96. The highest BCUT2D eigenvalue weighted by Gasteiger charge is 2.32. The second kappa shape index (κ2) is 8.97. The Hall–Kier alpha value is -2.73. The highest BCUT2D eigenvalue weighted by molar-refractivity contribution is 7.99. The maximum Gasteiger partial charge on any atom is 0.320 e. The Morgan fingerprint density at radius 3 is 2.25 bits per heavy atom. The summed E-state index contributed by atoms with van der Waals surface area (Å²) in [7, 11) is 2.56. The summed E-state index contributed by atoms with van der Waals surface area (Å²) in [6, 6.07) is 18.2. The van der Waals surface area contributed by atoms with Crippen LogP contribution in [-0.4, -0.2) is 31.1 Å². The smallest absolute Gasteiger partial charge is 0.320 e. The lowest BCUT2D eigenvalue weighted by Crippen LogP contribution is -2.27. The standard InChI is InChI=1S/C22H23NO4S/c1-14-8-10-15(11-9-14)19(13-17(21(24)26-2)22(25)27-3)28-20-12-16-6-4-5-7-18(16)23-20/h4-12,17,19,23H,13H2,1-3H3. The number of aromatic amines is 1. The van der Waals surface area contributed by atoms with Gasteiger partial charge in [-0.25, -0.2) is 0 Å². The lowest BCUT2D eigenvalue weighted by Gasteiger charge is -2.20. The van der Waals surface area contributed by atoms with Gasteiger partial charge < -0.3 is 14.5 Å². The highest BCUT2D eigenvalue weighted by Crippen LogP contribution is 2.41. The number of rotatable bonds is 7. The van der Waals surface area contributed by atoms with Crippen LogP contribution >= 0.6 is 11.8 Å². The van der Waals surface area contributed by atoms with Crippen LogP contribution in [0.5, 0.6) is 0 Å². The van der Waals surface area contributed by atoms with Crippen LogP contribution in [0.1, 0.15) is 22.8 Å². The van der Waals surface area contributed by atoms with Crippen LogP contribution in [0.4, 0.5) is 0 Å². The van der Waals surface area contributed by atoms with Crippen molar-refractivity contribution >= 4 is 34.6 Å². The van der Waals surface area contributed by atoms with Crippen molar-refractivity contribution in [3.63, 3.8) is 0 Å². The van der Waals surface area contributed by atoms with Crippen LogP contribution in [-0.2, 0) is 19.1 Å². The number of thioether (sulfide) groups is 1. The Balaban J connectivity index is 1.92. The van der Waals surface area contributed by atoms with Gasteiger partial charge in [-0.05, 0) is 31.0 Å². The van der Waals surface area contributed by atoms with E-state index < -0.39 is 17.9 Å². The summed E-state index contributed by atoms with van der Waals surface area (Å²) >= 11 is 1.59. The lowest BCUT2D eigenvalue weighted by atomic mass is 9.98. The van der Waals surface area contributed by atoms with Gasteiger partial charge in [0.15, 0.2) is 5.92 Å². The molecule has 28 heavy (non-hydrogen) atoms. The fourth-order valence-electron chi connectivity index (χ4n) is 3.08. The molecule has 0 bridgehead atoms. The highest BCUT2D eigenvalue weighted by atomic mass is 32.2. The Kier molecular flexibility index (Phi) is 6.41. The van der Waals surface area contributed by atoms with E-state index in [0.717, 1.165) is 27.1 Å². The number of hydrogen-bond acceptors (Lipinski definition) is 5. The fraction of sp³-hybridized carbons (Fsp3) is 0.273. The lowest BCUT2D eigenvalue weighted by molar-refractivity contribution is -0.159. The number of para-hydroxylation sites is 1. The van der Waals surface area contributed by atoms with Gasteiger partial charge in [0.05, 0.1) is 19.2 Å². The van der Waals surface area contributed by atoms with Gasteiger partial charge in [0.1, 0.15) is 0 Å². The molecule has 0 radical (unpaired) electrons. The molecule has 1 N–H and O–H groups in total. The second-order valence-electron chi connectivity index (χ2n) is 6.57. The van der Waals surface area contributed by atoms with Gasteiger partial charge in [-0.2, -0.15) is 0 Å². The molecule has 1 atom stereocenters. The molecule has 0 aliphatic heterocycles. The van der Waals surface area contributed by atoms with E-state index in [2.05, 4.69) is 11.1 Å². The molecule has 0 saturated heterocycles. The van der Waals surface area contributed by atoms with Crippen molar-refractivity contribution < 1.29 is 19.1 Å². The quantitative estimate of drug-likeness (QED) is 0.357. The first-order valence-electron chi connectivity index (χ1n) is 8.98. The summed E-state index contributed by atoms with van der Waals surface area (Å²) in [4.78, 5) is 27.8. The maximum atomic E-state index is 12.2. The van der Waals surface area contributed by atoms with Gasteiger partial charge in [-0.1, -0.05) is 48.0 Å². The molecule has 6 heteroatoms. The molecule has 3 aromatic rings. The van der Waals surface area contributed by atoms with Crippen molar-refractivity contribution in [1.82, 2.24) is 4.98 Å². The molecular formula is C22H23NO4S. The summed E-state index contributed by atoms with van der Waals surface area (Å²) in [6.07, 6.45) is 0.280. The Labute approximate surface area is 168 Å². The van der Waals surface area contributed by atoms with E-state index >= 15 is 0 Å². The first-order valence-corrected chi connectivity index (χ1v) is 9.86. The largest absolute Gasteiger partial charge is 0.468 e. The molecule has 146 valence electrons. The van der Waals surface area contributed by atoms with Crippen LogP contribution in [0.25, 0.3) is 10.9 Å². The van der Waals surface area contributed by atoms with E-state index in [-0.39, 0.29) is 11.7 Å². The molecule has 0 fully saturated rings. The molecule has 0 aliphatic rings. The number of carbonyl (C=O) groups is 2. The summed E-state index contributed by atoms with van der Waals surface area (Å²) in [6.45, 7) is 2.02. The number of methoxy groups -OCH3 is 2. The molecule has 0 spiro atoms. The number of H-pyrrole nitrogens is 1. The molecule has 5 nitrogen and oxygen atoms in total. The van der Waals surface area contributed by atoms with Gasteiger partial charge in [-0.15, -0.1) is 11.8 Å². The fourth-order valence-corrected chi connectivity index (χ4v) is 4.34. The molecule has 3 rings (SSSR count). The van der Waals surface area contributed by atoms with E-state index in [1.165, 1.54) is 14.2 Å². The van der Waals surface area contributed by atoms with E-state index in [1.54, 1.807) is 11.8 Å². The Bertz CT molecular complexity index is 915. The summed E-state index contributed by atoms with van der Waals surface area (Å²) in [5.74, 6) is -2.14. The van der Waals surface area contributed by atoms with Crippen LogP contribution < -0.4 is 0 Å². The maximum absolute atomic E-state index is 12.2. The van der Waals surface area contributed by atoms with Crippen molar-refractivity contribution in [3.8, 4) is 0 Å². The van der Waals surface area contributed by atoms with Crippen LogP contribution in [0.3, 0.4) is 0 Å². The third-order valence-corrected chi connectivity index (χ3v) is 5.87. The topological polar surface area (TPSA) is 68.4 Å². The van der Waals surface area contributed by atoms with Crippen molar-refractivity contribution in [2.75, 3.05) is 14.2 Å². The monoisotopic (exact) mass is 397 g/mol. The minimum atomic E-state index is -0.974. The third-order valence-electron chi connectivity index (χ3n) is 4.64. The normalized spacial score (nSPS) is 12.1. The summed E-state index contributed by atoms with van der Waals surface area (Å²) < 4.78 is 9.67. The number of aryl methyl sites for hydroxylation is 1. The SMILES string of the molecule is COC(=O)C(CC(Sc1cc2ccccc2[nH]1)c1ccc(C)cc1)C(=O)OC. The number of aromatic nitrogens is 1. The average Bonchev–Trinajstić information content (AvgIpc) is 3.13. The van der Waals surface area contributed by atoms with Gasteiger partial charge in [0, 0.05) is 16.2 Å². The first kappa shape index (κ1) is 20.0. The number of fused-ring (bicyclic) bond motifs is 1. The molecule has 0 aliphatic carbocycles. The van der Waals surface area contributed by atoms with Crippen molar-refractivity contribution in [2.24, 2.45) is 5.92 Å². The minimum absolute atomic E-state index is 0.128. The van der Waals surface area contributed by atoms with Crippen molar-refractivity contribution in [1.29, 1.82) is 0 Å². The van der Waals surface area contributed by atoms with E-state index in [0.29, 0.717) is 0 Å². The molecule has 1 heterocycles. The van der Waals surface area contributed by atoms with Crippen LogP contribution in [0, 0.1) is 12.8 Å². The molecule has 0 amide bonds. The zero-order chi connectivity index (χ0) is 20.1. The Morgan fingerprint density at radius 1 is 1.00 bits per heavy atom. The number of carbonyl (C=O) groups excluding carboxylic acids is 2. The van der Waals surface area contributed by atoms with Gasteiger partial charge in [-0.3, -0.25) is 9.59 Å². The number of esters is 2. The molecule has 1 aromatic heterocycles. The predicted octanol–water partition coefficient (Wildman–Crippen LogP) is 4.66. The summed E-state index contributed by atoms with van der Waals surface area (Å²) in [5.41, 5.74) is 3.23. The average molecular weight is 397 g/mol. The van der Waals surface area contributed by atoms with E-state index in [9.17, 15) is 9.59 Å². The van der Waals surface area contributed by atoms with Gasteiger partial charge >= 0.3 is 11.9 Å². The van der Waals surface area contributed by atoms with Crippen LogP contribution in [0.2, 0.25) is 0 Å². The number of benzene rings is 2. The number of hydrogen-bond donors (Lipinski definition) is 1.